The Kier molecular flexibility index (Phi) is 72.2. The molecule has 0 rings (SSSR count). The Balaban J connectivity index is 5.22. The molecule has 3 N–H and O–H groups in total. The number of aliphatic hydroxyl groups is 1. The highest BCUT2D eigenvalue weighted by atomic mass is 31.2. The van der Waals surface area contributed by atoms with Crippen molar-refractivity contribution in [2.24, 2.45) is 11.8 Å². The zero-order chi connectivity index (χ0) is 74.2. The molecule has 0 aliphatic carbocycles. The van der Waals surface area contributed by atoms with Crippen LogP contribution >= 0.6 is 15.6 Å². The van der Waals surface area contributed by atoms with Crippen molar-refractivity contribution in [2.45, 2.75) is 452 Å². The maximum Gasteiger partial charge on any atom is 0.472 e. The number of phosphoric ester groups is 2. The molecule has 19 heteroatoms. The molecule has 0 aromatic carbocycles. The third-order valence-corrected chi connectivity index (χ3v) is 21.1. The van der Waals surface area contributed by atoms with Crippen molar-refractivity contribution < 1.29 is 80.2 Å². The van der Waals surface area contributed by atoms with Gasteiger partial charge in [-0.15, -0.1) is 0 Å². The molecule has 0 spiro atoms. The summed E-state index contributed by atoms with van der Waals surface area (Å²) in [5.74, 6) is -0.630. The van der Waals surface area contributed by atoms with E-state index in [1.807, 2.05) is 0 Å². The molecule has 5 atom stereocenters. The molecule has 0 saturated carbocycles. The van der Waals surface area contributed by atoms with E-state index in [2.05, 4.69) is 41.5 Å². The van der Waals surface area contributed by atoms with Crippen LogP contribution in [0.4, 0.5) is 0 Å². The zero-order valence-electron chi connectivity index (χ0n) is 66.2. The molecule has 0 aromatic heterocycles. The van der Waals surface area contributed by atoms with Gasteiger partial charge in [-0.2, -0.15) is 0 Å². The van der Waals surface area contributed by atoms with Gasteiger partial charge in [-0.1, -0.05) is 382 Å². The van der Waals surface area contributed by atoms with Crippen LogP contribution in [0.25, 0.3) is 0 Å². The molecule has 0 saturated heterocycles. The number of hydrogen-bond acceptors (Lipinski definition) is 15. The van der Waals surface area contributed by atoms with Crippen LogP contribution in [-0.4, -0.2) is 96.7 Å². The lowest BCUT2D eigenvalue weighted by atomic mass is 10.0. The molecule has 0 heterocycles. The second-order valence-corrected chi connectivity index (χ2v) is 33.4. The van der Waals surface area contributed by atoms with Crippen LogP contribution < -0.4 is 0 Å². The van der Waals surface area contributed by atoms with Crippen LogP contribution in [0.5, 0.6) is 0 Å². The lowest BCUT2D eigenvalue weighted by Gasteiger charge is -2.21. The van der Waals surface area contributed by atoms with Gasteiger partial charge in [0.2, 0.25) is 0 Å². The number of ether oxygens (including phenoxy) is 4. The molecule has 0 radical (unpaired) electrons. The molecule has 0 amide bonds. The lowest BCUT2D eigenvalue weighted by molar-refractivity contribution is -0.161. The SMILES string of the molecule is CCCCCCCCCCCCCCCCCCCCCCC(=O)O[C@H](COC(=O)CCCCCCCCCCCCCCCCC(C)C)COP(=O)(O)OC[C@@H](O)COP(=O)(O)OC[C@@H](COC(=O)CCCCCCCCC(C)C)OC(=O)CCCCCCCCCCCCCCCCC. The lowest BCUT2D eigenvalue weighted by Crippen LogP contribution is -2.30. The topological polar surface area (TPSA) is 237 Å². The van der Waals surface area contributed by atoms with Gasteiger partial charge >= 0.3 is 39.5 Å². The first-order chi connectivity index (χ1) is 48.9. The Bertz CT molecular complexity index is 1940. The predicted molar refractivity (Wildman–Crippen MR) is 414 cm³/mol. The highest BCUT2D eigenvalue weighted by Crippen LogP contribution is 2.45. The second kappa shape index (κ2) is 73.6. The summed E-state index contributed by atoms with van der Waals surface area (Å²) < 4.78 is 68.7. The minimum Gasteiger partial charge on any atom is -0.462 e. The van der Waals surface area contributed by atoms with Gasteiger partial charge in [-0.05, 0) is 37.5 Å². The number of unbranched alkanes of at least 4 members (excludes halogenated alkanes) is 51. The van der Waals surface area contributed by atoms with Gasteiger partial charge in [-0.25, -0.2) is 9.13 Å². The standard InChI is InChI=1S/C82H160O17P2/c1-7-9-11-13-15-17-19-21-23-24-25-26-27-29-35-39-43-47-55-61-66-81(86)98-77(70-92-79(84)64-58-52-45-41-37-33-31-30-32-36-40-44-50-56-62-74(3)4)72-96-100(88,89)94-68-76(83)69-95-101(90,91)97-73-78(71-93-80(85)65-59-53-49-48-51-57-63-75(5)6)99-82(87)67-60-54-46-42-38-34-28-22-20-18-16-14-12-10-8-2/h74-78,83H,7-73H2,1-6H3,(H,88,89)(H,90,91)/t76-,77-,78-/m1/s1. The molecule has 0 aliphatic heterocycles. The van der Waals surface area contributed by atoms with E-state index < -0.39 is 97.5 Å². The minimum absolute atomic E-state index is 0.107. The van der Waals surface area contributed by atoms with Crippen molar-refractivity contribution in [3.05, 3.63) is 0 Å². The Morgan fingerprint density at radius 1 is 0.267 bits per heavy atom. The molecule has 0 aliphatic rings. The van der Waals surface area contributed by atoms with Gasteiger partial charge in [0.25, 0.3) is 0 Å². The summed E-state index contributed by atoms with van der Waals surface area (Å²) in [4.78, 5) is 73.0. The number of hydrogen-bond donors (Lipinski definition) is 3. The van der Waals surface area contributed by atoms with Gasteiger partial charge in [0.05, 0.1) is 26.4 Å². The summed E-state index contributed by atoms with van der Waals surface area (Å²) in [5.41, 5.74) is 0. The van der Waals surface area contributed by atoms with E-state index in [4.69, 9.17) is 37.0 Å². The first-order valence-electron chi connectivity index (χ1n) is 42.5. The fraction of sp³-hybridized carbons (Fsp3) is 0.951. The summed E-state index contributed by atoms with van der Waals surface area (Å²) in [6.45, 7) is 9.59. The normalized spacial score (nSPS) is 13.9. The van der Waals surface area contributed by atoms with Crippen LogP contribution in [0.3, 0.4) is 0 Å². The molecule has 0 bridgehead atoms. The van der Waals surface area contributed by atoms with E-state index in [1.165, 1.54) is 244 Å². The molecule has 17 nitrogen and oxygen atoms in total. The number of carbonyl (C=O) groups excluding carboxylic acids is 4. The van der Waals surface area contributed by atoms with Gasteiger partial charge in [-0.3, -0.25) is 37.3 Å². The highest BCUT2D eigenvalue weighted by molar-refractivity contribution is 7.47. The van der Waals surface area contributed by atoms with E-state index in [9.17, 15) is 43.2 Å². The van der Waals surface area contributed by atoms with E-state index in [0.717, 1.165) is 102 Å². The van der Waals surface area contributed by atoms with Crippen molar-refractivity contribution in [3.63, 3.8) is 0 Å². The van der Waals surface area contributed by atoms with Gasteiger partial charge < -0.3 is 33.8 Å². The predicted octanol–water partition coefficient (Wildman–Crippen LogP) is 24.7. The van der Waals surface area contributed by atoms with Crippen LogP contribution in [-0.2, 0) is 65.4 Å². The zero-order valence-corrected chi connectivity index (χ0v) is 68.0. The third kappa shape index (κ3) is 76.1. The van der Waals surface area contributed by atoms with Crippen molar-refractivity contribution in [1.29, 1.82) is 0 Å². The quantitative estimate of drug-likeness (QED) is 0.0222. The second-order valence-electron chi connectivity index (χ2n) is 30.5. The molecular weight excluding hydrogens is 1320 g/mol. The highest BCUT2D eigenvalue weighted by Gasteiger charge is 2.30. The molecule has 101 heavy (non-hydrogen) atoms. The minimum atomic E-state index is -4.96. The fourth-order valence-electron chi connectivity index (χ4n) is 12.7. The average Bonchev–Trinajstić information content (AvgIpc) is 0.928. The number of esters is 4. The average molecular weight is 1480 g/mol. The van der Waals surface area contributed by atoms with Gasteiger partial charge in [0, 0.05) is 25.7 Å². The number of aliphatic hydroxyl groups excluding tert-OH is 1. The summed E-state index contributed by atoms with van der Waals surface area (Å²) in [5, 5.41) is 10.6. The van der Waals surface area contributed by atoms with Gasteiger partial charge in [0.1, 0.15) is 19.3 Å². The Morgan fingerprint density at radius 2 is 0.455 bits per heavy atom. The fourth-order valence-corrected chi connectivity index (χ4v) is 14.3. The number of carbonyl (C=O) groups is 4. The maximum absolute atomic E-state index is 13.1. The summed E-state index contributed by atoms with van der Waals surface area (Å²) >= 11 is 0. The Morgan fingerprint density at radius 3 is 0.673 bits per heavy atom. The molecule has 0 aromatic rings. The molecular formula is C82H160O17P2. The van der Waals surface area contributed by atoms with Crippen LogP contribution in [0.15, 0.2) is 0 Å². The molecule has 2 unspecified atom stereocenters. The molecule has 0 fully saturated rings. The monoisotopic (exact) mass is 1480 g/mol. The van der Waals surface area contributed by atoms with Crippen LogP contribution in [0, 0.1) is 11.8 Å². The largest absolute Gasteiger partial charge is 0.472 e. The van der Waals surface area contributed by atoms with Crippen molar-refractivity contribution in [2.75, 3.05) is 39.6 Å². The third-order valence-electron chi connectivity index (χ3n) is 19.2. The van der Waals surface area contributed by atoms with Crippen molar-refractivity contribution in [1.82, 2.24) is 0 Å². The molecule has 600 valence electrons. The van der Waals surface area contributed by atoms with Crippen LogP contribution in [0.1, 0.15) is 433 Å². The Labute approximate surface area is 619 Å². The maximum atomic E-state index is 13.1. The number of rotatable bonds is 81. The number of phosphoric acid groups is 2. The van der Waals surface area contributed by atoms with E-state index in [0.29, 0.717) is 31.6 Å². The summed E-state index contributed by atoms with van der Waals surface area (Å²) in [6, 6.07) is 0. The van der Waals surface area contributed by atoms with E-state index in [-0.39, 0.29) is 25.7 Å². The van der Waals surface area contributed by atoms with Gasteiger partial charge in [0.15, 0.2) is 12.2 Å². The smallest absolute Gasteiger partial charge is 0.462 e. The van der Waals surface area contributed by atoms with Crippen molar-refractivity contribution >= 4 is 39.5 Å². The first kappa shape index (κ1) is 99.1. The van der Waals surface area contributed by atoms with E-state index in [1.54, 1.807) is 0 Å². The summed E-state index contributed by atoms with van der Waals surface area (Å²) in [7, 11) is -9.92. The Hall–Kier alpha value is -1.94. The summed E-state index contributed by atoms with van der Waals surface area (Å²) in [6.07, 6.45) is 64.0. The van der Waals surface area contributed by atoms with E-state index >= 15 is 0 Å². The van der Waals surface area contributed by atoms with Crippen LogP contribution in [0.2, 0.25) is 0 Å². The van der Waals surface area contributed by atoms with Crippen molar-refractivity contribution in [3.8, 4) is 0 Å². The first-order valence-corrected chi connectivity index (χ1v) is 45.5.